The van der Waals surface area contributed by atoms with Crippen LogP contribution in [0.4, 0.5) is 11.6 Å². The molecule has 176 valence electrons. The number of morpholine rings is 2. The van der Waals surface area contributed by atoms with Crippen LogP contribution in [0.2, 0.25) is 0 Å². The van der Waals surface area contributed by atoms with Crippen LogP contribution in [0.5, 0.6) is 0 Å². The molecule has 33 heavy (non-hydrogen) atoms. The number of fused-ring (bicyclic) bond motifs is 1. The van der Waals surface area contributed by atoms with Gasteiger partial charge in [-0.25, -0.2) is 4.98 Å². The van der Waals surface area contributed by atoms with Crippen molar-refractivity contribution in [3.8, 4) is 0 Å². The maximum atomic E-state index is 13.6. The van der Waals surface area contributed by atoms with Gasteiger partial charge in [-0.05, 0) is 23.6 Å². The summed E-state index contributed by atoms with van der Waals surface area (Å²) in [4.78, 5) is 25.1. The van der Waals surface area contributed by atoms with Gasteiger partial charge in [0.05, 0.1) is 32.0 Å². The van der Waals surface area contributed by atoms with Crippen molar-refractivity contribution in [2.24, 2.45) is 0 Å². The number of carbonyl (C=O) groups is 1. The number of aromatic nitrogens is 1. The second kappa shape index (κ2) is 10.5. The van der Waals surface area contributed by atoms with Crippen molar-refractivity contribution in [2.75, 3.05) is 82.5 Å². The normalized spacial score (nSPS) is 19.5. The summed E-state index contributed by atoms with van der Waals surface area (Å²) < 4.78 is 11.0. The van der Waals surface area contributed by atoms with Gasteiger partial charge in [0.25, 0.3) is 5.91 Å². The standard InChI is InChI=1S/C25H33N5O3/c31-25-23-21(6-8-30(25)19-20-4-2-1-3-5-20)18-22(29-12-16-33-17-13-29)27-24(23)26-7-9-28-10-14-32-15-11-28/h1-5,18H,6-17,19H2,(H,26,27). The Bertz CT molecular complexity index is 943. The zero-order valence-corrected chi connectivity index (χ0v) is 19.2. The lowest BCUT2D eigenvalue weighted by Crippen LogP contribution is -2.41. The smallest absolute Gasteiger partial charge is 0.258 e. The molecule has 3 aliphatic rings. The van der Waals surface area contributed by atoms with E-state index in [2.05, 4.69) is 33.3 Å². The van der Waals surface area contributed by atoms with Gasteiger partial charge in [0, 0.05) is 52.4 Å². The number of amides is 1. The first kappa shape index (κ1) is 22.1. The molecule has 1 aromatic heterocycles. The van der Waals surface area contributed by atoms with Crippen molar-refractivity contribution < 1.29 is 14.3 Å². The van der Waals surface area contributed by atoms with Crippen molar-refractivity contribution >= 4 is 17.5 Å². The molecule has 8 heteroatoms. The van der Waals surface area contributed by atoms with E-state index in [9.17, 15) is 4.79 Å². The SMILES string of the molecule is O=C1c2c(cc(N3CCOCC3)nc2NCCN2CCOCC2)CCN1Cc1ccccc1. The number of anilines is 2. The molecule has 2 aromatic rings. The van der Waals surface area contributed by atoms with Crippen molar-refractivity contribution in [3.05, 3.63) is 53.1 Å². The van der Waals surface area contributed by atoms with Crippen LogP contribution in [-0.4, -0.2) is 92.9 Å². The monoisotopic (exact) mass is 451 g/mol. The highest BCUT2D eigenvalue weighted by Gasteiger charge is 2.30. The minimum absolute atomic E-state index is 0.0648. The van der Waals surface area contributed by atoms with E-state index in [-0.39, 0.29) is 5.91 Å². The first-order chi connectivity index (χ1) is 16.3. The fourth-order valence-electron chi connectivity index (χ4n) is 4.73. The van der Waals surface area contributed by atoms with Gasteiger partial charge in [-0.1, -0.05) is 30.3 Å². The summed E-state index contributed by atoms with van der Waals surface area (Å²) in [6.45, 7) is 9.54. The van der Waals surface area contributed by atoms with Crippen molar-refractivity contribution in [1.82, 2.24) is 14.8 Å². The van der Waals surface area contributed by atoms with Gasteiger partial charge in [0.1, 0.15) is 11.6 Å². The molecule has 5 rings (SSSR count). The molecule has 1 aromatic carbocycles. The topological polar surface area (TPSA) is 70.2 Å². The van der Waals surface area contributed by atoms with E-state index < -0.39 is 0 Å². The zero-order valence-electron chi connectivity index (χ0n) is 19.2. The Balaban J connectivity index is 1.37. The molecule has 0 aliphatic carbocycles. The molecule has 0 saturated carbocycles. The van der Waals surface area contributed by atoms with E-state index in [0.717, 1.165) is 88.0 Å². The lowest BCUT2D eigenvalue weighted by atomic mass is 9.98. The molecule has 8 nitrogen and oxygen atoms in total. The fraction of sp³-hybridized carbons (Fsp3) is 0.520. The first-order valence-corrected chi connectivity index (χ1v) is 12.0. The van der Waals surface area contributed by atoms with E-state index in [1.165, 1.54) is 0 Å². The molecule has 0 spiro atoms. The van der Waals surface area contributed by atoms with Crippen LogP contribution in [0.25, 0.3) is 0 Å². The Kier molecular flexibility index (Phi) is 7.04. The molecule has 0 radical (unpaired) electrons. The predicted octanol–water partition coefficient (Wildman–Crippen LogP) is 1.86. The Morgan fingerprint density at radius 2 is 1.67 bits per heavy atom. The third-order valence-electron chi connectivity index (χ3n) is 6.62. The Hall–Kier alpha value is -2.68. The Morgan fingerprint density at radius 3 is 2.42 bits per heavy atom. The summed E-state index contributed by atoms with van der Waals surface area (Å²) in [7, 11) is 0. The van der Waals surface area contributed by atoms with Crippen LogP contribution in [0.15, 0.2) is 36.4 Å². The number of nitrogens with one attached hydrogen (secondary N) is 1. The number of pyridine rings is 1. The minimum atomic E-state index is 0.0648. The highest BCUT2D eigenvalue weighted by Crippen LogP contribution is 2.30. The van der Waals surface area contributed by atoms with E-state index in [4.69, 9.17) is 14.5 Å². The maximum Gasteiger partial charge on any atom is 0.258 e. The number of ether oxygens (including phenoxy) is 2. The summed E-state index contributed by atoms with van der Waals surface area (Å²) in [6.07, 6.45) is 0.839. The molecule has 0 bridgehead atoms. The van der Waals surface area contributed by atoms with Crippen LogP contribution >= 0.6 is 0 Å². The highest BCUT2D eigenvalue weighted by molar-refractivity contribution is 6.01. The second-order valence-electron chi connectivity index (χ2n) is 8.81. The molecule has 2 saturated heterocycles. The lowest BCUT2D eigenvalue weighted by molar-refractivity contribution is 0.0398. The van der Waals surface area contributed by atoms with Gasteiger partial charge in [-0.15, -0.1) is 0 Å². The van der Waals surface area contributed by atoms with Gasteiger partial charge in [0.15, 0.2) is 0 Å². The van der Waals surface area contributed by atoms with Crippen molar-refractivity contribution in [3.63, 3.8) is 0 Å². The van der Waals surface area contributed by atoms with E-state index in [0.29, 0.717) is 25.6 Å². The minimum Gasteiger partial charge on any atom is -0.379 e. The third kappa shape index (κ3) is 5.29. The summed E-state index contributed by atoms with van der Waals surface area (Å²) in [6, 6.07) is 12.3. The molecule has 1 amide bonds. The van der Waals surface area contributed by atoms with Crippen LogP contribution in [0.3, 0.4) is 0 Å². The van der Waals surface area contributed by atoms with E-state index in [1.807, 2.05) is 23.1 Å². The molecular formula is C25H33N5O3. The predicted molar refractivity (Wildman–Crippen MR) is 128 cm³/mol. The van der Waals surface area contributed by atoms with Gasteiger partial charge < -0.3 is 24.6 Å². The van der Waals surface area contributed by atoms with Crippen LogP contribution in [0, 0.1) is 0 Å². The van der Waals surface area contributed by atoms with Crippen LogP contribution in [-0.2, 0) is 22.4 Å². The highest BCUT2D eigenvalue weighted by atomic mass is 16.5. The fourth-order valence-corrected chi connectivity index (χ4v) is 4.73. The second-order valence-corrected chi connectivity index (χ2v) is 8.81. The van der Waals surface area contributed by atoms with Crippen LogP contribution < -0.4 is 10.2 Å². The number of carbonyl (C=O) groups excluding carboxylic acids is 1. The summed E-state index contributed by atoms with van der Waals surface area (Å²) in [5.74, 6) is 1.72. The average molecular weight is 452 g/mol. The Morgan fingerprint density at radius 1 is 0.939 bits per heavy atom. The van der Waals surface area contributed by atoms with Crippen molar-refractivity contribution in [1.29, 1.82) is 0 Å². The average Bonchev–Trinajstić information content (AvgIpc) is 2.87. The van der Waals surface area contributed by atoms with E-state index >= 15 is 0 Å². The molecular weight excluding hydrogens is 418 g/mol. The summed E-state index contributed by atoms with van der Waals surface area (Å²) in [5, 5.41) is 3.52. The van der Waals surface area contributed by atoms with Gasteiger partial charge in [-0.3, -0.25) is 9.69 Å². The van der Waals surface area contributed by atoms with Gasteiger partial charge in [0.2, 0.25) is 0 Å². The summed E-state index contributed by atoms with van der Waals surface area (Å²) in [5.41, 5.74) is 2.97. The van der Waals surface area contributed by atoms with E-state index in [1.54, 1.807) is 0 Å². The quantitative estimate of drug-likeness (QED) is 0.689. The molecule has 0 unspecified atom stereocenters. The molecule has 3 aliphatic heterocycles. The number of rotatable bonds is 7. The number of nitrogens with zero attached hydrogens (tertiary/aromatic N) is 4. The number of hydrogen-bond donors (Lipinski definition) is 1. The molecule has 0 atom stereocenters. The maximum absolute atomic E-state index is 13.6. The van der Waals surface area contributed by atoms with Crippen molar-refractivity contribution in [2.45, 2.75) is 13.0 Å². The zero-order chi connectivity index (χ0) is 22.5. The summed E-state index contributed by atoms with van der Waals surface area (Å²) >= 11 is 0. The molecule has 2 fully saturated rings. The third-order valence-corrected chi connectivity index (χ3v) is 6.62. The Labute approximate surface area is 195 Å². The first-order valence-electron chi connectivity index (χ1n) is 12.0. The lowest BCUT2D eigenvalue weighted by Gasteiger charge is -2.33. The van der Waals surface area contributed by atoms with Crippen LogP contribution in [0.1, 0.15) is 21.5 Å². The number of hydrogen-bond acceptors (Lipinski definition) is 7. The number of benzene rings is 1. The molecule has 1 N–H and O–H groups in total. The largest absolute Gasteiger partial charge is 0.379 e. The molecule has 4 heterocycles. The van der Waals surface area contributed by atoms with Gasteiger partial charge in [-0.2, -0.15) is 0 Å². The van der Waals surface area contributed by atoms with Gasteiger partial charge >= 0.3 is 0 Å².